The Labute approximate surface area is 109 Å². The molecule has 96 valence electrons. The molecule has 17 heavy (non-hydrogen) atoms. The van der Waals surface area contributed by atoms with Gasteiger partial charge in [0.1, 0.15) is 0 Å². The molecule has 3 heteroatoms. The van der Waals surface area contributed by atoms with Crippen LogP contribution in [-0.2, 0) is 0 Å². The summed E-state index contributed by atoms with van der Waals surface area (Å²) in [5.41, 5.74) is 0. The zero-order valence-corrected chi connectivity index (χ0v) is 12.0. The van der Waals surface area contributed by atoms with Crippen molar-refractivity contribution >= 4 is 11.3 Å². The highest BCUT2D eigenvalue weighted by Gasteiger charge is 2.30. The van der Waals surface area contributed by atoms with Gasteiger partial charge in [-0.1, -0.05) is 13.0 Å². The molecule has 2 nitrogen and oxygen atoms in total. The minimum absolute atomic E-state index is 0.628. The first-order valence-electron chi connectivity index (χ1n) is 6.72. The van der Waals surface area contributed by atoms with Gasteiger partial charge < -0.3 is 5.32 Å². The summed E-state index contributed by atoms with van der Waals surface area (Å²) >= 11 is 1.90. The number of hydrogen-bond donors (Lipinski definition) is 1. The molecule has 3 unspecified atom stereocenters. The van der Waals surface area contributed by atoms with Crippen molar-refractivity contribution in [2.45, 2.75) is 51.2 Å². The highest BCUT2D eigenvalue weighted by molar-refractivity contribution is 7.10. The Bertz CT molecular complexity index is 323. The average Bonchev–Trinajstić information content (AvgIpc) is 2.85. The van der Waals surface area contributed by atoms with Crippen molar-refractivity contribution in [3.05, 3.63) is 22.4 Å². The molecule has 1 aromatic heterocycles. The fraction of sp³-hybridized carbons (Fsp3) is 0.714. The third-order valence-electron chi connectivity index (χ3n) is 3.99. The van der Waals surface area contributed by atoms with Crippen molar-refractivity contribution in [2.75, 3.05) is 13.6 Å². The van der Waals surface area contributed by atoms with Gasteiger partial charge in [-0.05, 0) is 44.7 Å². The van der Waals surface area contributed by atoms with Crippen LogP contribution in [-0.4, -0.2) is 30.6 Å². The van der Waals surface area contributed by atoms with Gasteiger partial charge in [0.2, 0.25) is 0 Å². The molecule has 0 bridgehead atoms. The van der Waals surface area contributed by atoms with E-state index in [0.29, 0.717) is 18.1 Å². The van der Waals surface area contributed by atoms with E-state index in [-0.39, 0.29) is 0 Å². The number of thiophene rings is 1. The first-order chi connectivity index (χ1) is 8.26. The van der Waals surface area contributed by atoms with Gasteiger partial charge in [0, 0.05) is 29.5 Å². The molecule has 0 aliphatic carbocycles. The molecule has 2 rings (SSSR count). The number of hydrogen-bond acceptors (Lipinski definition) is 3. The molecular weight excluding hydrogens is 228 g/mol. The van der Waals surface area contributed by atoms with Gasteiger partial charge in [-0.2, -0.15) is 0 Å². The fourth-order valence-electron chi connectivity index (χ4n) is 3.00. The van der Waals surface area contributed by atoms with E-state index in [9.17, 15) is 0 Å². The summed E-state index contributed by atoms with van der Waals surface area (Å²) in [5, 5.41) is 5.62. The SMILES string of the molecule is CCC(c1cccs1)N1CCC(NC)CC1C. The molecule has 0 spiro atoms. The van der Waals surface area contributed by atoms with Crippen LogP contribution in [0.5, 0.6) is 0 Å². The highest BCUT2D eigenvalue weighted by atomic mass is 32.1. The summed E-state index contributed by atoms with van der Waals surface area (Å²) in [6, 6.07) is 6.49. The van der Waals surface area contributed by atoms with Crippen molar-refractivity contribution in [1.82, 2.24) is 10.2 Å². The lowest BCUT2D eigenvalue weighted by Gasteiger charge is -2.42. The Balaban J connectivity index is 2.06. The van der Waals surface area contributed by atoms with Crippen LogP contribution >= 0.6 is 11.3 Å². The molecule has 1 N–H and O–H groups in total. The third kappa shape index (κ3) is 2.90. The predicted molar refractivity (Wildman–Crippen MR) is 75.6 cm³/mol. The molecule has 1 aliphatic rings. The van der Waals surface area contributed by atoms with Gasteiger partial charge in [0.25, 0.3) is 0 Å². The second-order valence-electron chi connectivity index (χ2n) is 5.04. The Morgan fingerprint density at radius 1 is 1.59 bits per heavy atom. The molecule has 1 saturated heterocycles. The largest absolute Gasteiger partial charge is 0.317 e. The quantitative estimate of drug-likeness (QED) is 0.885. The van der Waals surface area contributed by atoms with Crippen molar-refractivity contribution < 1.29 is 0 Å². The van der Waals surface area contributed by atoms with Crippen LogP contribution < -0.4 is 5.32 Å². The molecular formula is C14H24N2S. The van der Waals surface area contributed by atoms with E-state index in [1.807, 2.05) is 11.3 Å². The summed E-state index contributed by atoms with van der Waals surface area (Å²) in [6.45, 7) is 5.91. The zero-order chi connectivity index (χ0) is 12.3. The van der Waals surface area contributed by atoms with Gasteiger partial charge in [0.15, 0.2) is 0 Å². The van der Waals surface area contributed by atoms with Crippen molar-refractivity contribution in [1.29, 1.82) is 0 Å². The lowest BCUT2D eigenvalue weighted by atomic mass is 9.95. The standard InChI is InChI=1S/C14H24N2S/c1-4-13(14-6-5-9-17-14)16-8-7-12(15-3)10-11(16)2/h5-6,9,11-13,15H,4,7-8,10H2,1-3H3. The Morgan fingerprint density at radius 2 is 2.41 bits per heavy atom. The van der Waals surface area contributed by atoms with Crippen LogP contribution in [0.1, 0.15) is 44.0 Å². The molecule has 0 aromatic carbocycles. The highest BCUT2D eigenvalue weighted by Crippen LogP contribution is 2.33. The summed E-state index contributed by atoms with van der Waals surface area (Å²) in [6.07, 6.45) is 3.77. The Kier molecular flexibility index (Phi) is 4.60. The van der Waals surface area contributed by atoms with Crippen LogP contribution in [0.15, 0.2) is 17.5 Å². The minimum atomic E-state index is 0.628. The average molecular weight is 252 g/mol. The van der Waals surface area contributed by atoms with E-state index in [2.05, 4.69) is 48.6 Å². The van der Waals surface area contributed by atoms with E-state index in [0.717, 1.165) is 0 Å². The zero-order valence-electron chi connectivity index (χ0n) is 11.1. The van der Waals surface area contributed by atoms with E-state index < -0.39 is 0 Å². The van der Waals surface area contributed by atoms with Gasteiger partial charge in [-0.3, -0.25) is 4.90 Å². The number of nitrogens with one attached hydrogen (secondary N) is 1. The van der Waals surface area contributed by atoms with Crippen LogP contribution in [0.2, 0.25) is 0 Å². The second kappa shape index (κ2) is 5.98. The van der Waals surface area contributed by atoms with Crippen LogP contribution in [0.25, 0.3) is 0 Å². The summed E-state index contributed by atoms with van der Waals surface area (Å²) in [7, 11) is 2.09. The van der Waals surface area contributed by atoms with E-state index in [1.165, 1.54) is 30.7 Å². The minimum Gasteiger partial charge on any atom is -0.317 e. The monoisotopic (exact) mass is 252 g/mol. The topological polar surface area (TPSA) is 15.3 Å². The van der Waals surface area contributed by atoms with E-state index >= 15 is 0 Å². The summed E-state index contributed by atoms with van der Waals surface area (Å²) in [4.78, 5) is 4.22. The Hall–Kier alpha value is -0.380. The molecule has 1 aromatic rings. The first kappa shape index (κ1) is 13.1. The molecule has 2 heterocycles. The maximum absolute atomic E-state index is 3.42. The van der Waals surface area contributed by atoms with Gasteiger partial charge in [-0.25, -0.2) is 0 Å². The van der Waals surface area contributed by atoms with Gasteiger partial charge in [-0.15, -0.1) is 11.3 Å². The number of piperidine rings is 1. The number of nitrogens with zero attached hydrogens (tertiary/aromatic N) is 1. The van der Waals surface area contributed by atoms with Crippen molar-refractivity contribution in [3.63, 3.8) is 0 Å². The van der Waals surface area contributed by atoms with Crippen molar-refractivity contribution in [2.24, 2.45) is 0 Å². The molecule has 0 saturated carbocycles. The van der Waals surface area contributed by atoms with Gasteiger partial charge in [0.05, 0.1) is 0 Å². The fourth-order valence-corrected chi connectivity index (χ4v) is 3.93. The normalized spacial score (nSPS) is 28.2. The predicted octanol–water partition coefficient (Wildman–Crippen LogP) is 3.27. The molecule has 3 atom stereocenters. The maximum Gasteiger partial charge on any atom is 0.0441 e. The molecule has 0 radical (unpaired) electrons. The van der Waals surface area contributed by atoms with Crippen LogP contribution in [0, 0.1) is 0 Å². The molecule has 1 fully saturated rings. The Morgan fingerprint density at radius 3 is 2.94 bits per heavy atom. The van der Waals surface area contributed by atoms with E-state index in [1.54, 1.807) is 0 Å². The third-order valence-corrected chi connectivity index (χ3v) is 4.97. The van der Waals surface area contributed by atoms with Crippen LogP contribution in [0.3, 0.4) is 0 Å². The first-order valence-corrected chi connectivity index (χ1v) is 7.60. The second-order valence-corrected chi connectivity index (χ2v) is 6.02. The van der Waals surface area contributed by atoms with Gasteiger partial charge >= 0.3 is 0 Å². The lowest BCUT2D eigenvalue weighted by molar-refractivity contribution is 0.0883. The smallest absolute Gasteiger partial charge is 0.0441 e. The summed E-state index contributed by atoms with van der Waals surface area (Å²) in [5.74, 6) is 0. The maximum atomic E-state index is 3.42. The van der Waals surface area contributed by atoms with Crippen LogP contribution in [0.4, 0.5) is 0 Å². The van der Waals surface area contributed by atoms with Crippen molar-refractivity contribution in [3.8, 4) is 0 Å². The molecule has 0 amide bonds. The number of rotatable bonds is 4. The lowest BCUT2D eigenvalue weighted by Crippen LogP contribution is -2.47. The molecule has 1 aliphatic heterocycles. The summed E-state index contributed by atoms with van der Waals surface area (Å²) < 4.78 is 0. The number of likely N-dealkylation sites (tertiary alicyclic amines) is 1. The van der Waals surface area contributed by atoms with E-state index in [4.69, 9.17) is 0 Å².